The molecule has 4 heterocycles. The summed E-state index contributed by atoms with van der Waals surface area (Å²) in [5.74, 6) is 0.702. The largest absolute Gasteiger partial charge is 0.378 e. The summed E-state index contributed by atoms with van der Waals surface area (Å²) in [4.78, 5) is 27.4. The van der Waals surface area contributed by atoms with Gasteiger partial charge in [0.15, 0.2) is 0 Å². The zero-order valence-electron chi connectivity index (χ0n) is 18.2. The molecular formula is C24H26N4O2S2. The fraction of sp³-hybridized carbons (Fsp3) is 0.333. The lowest BCUT2D eigenvalue weighted by Gasteiger charge is -2.32. The van der Waals surface area contributed by atoms with Crippen molar-refractivity contribution in [3.8, 4) is 10.4 Å². The Balaban J connectivity index is 1.40. The molecule has 1 aromatic carbocycles. The minimum atomic E-state index is -0.0661. The lowest BCUT2D eigenvalue weighted by atomic mass is 10.1. The molecule has 0 bridgehead atoms. The van der Waals surface area contributed by atoms with Gasteiger partial charge in [0.05, 0.1) is 24.6 Å². The van der Waals surface area contributed by atoms with E-state index in [0.29, 0.717) is 11.2 Å². The number of anilines is 1. The van der Waals surface area contributed by atoms with Crippen molar-refractivity contribution in [3.05, 3.63) is 68.9 Å². The summed E-state index contributed by atoms with van der Waals surface area (Å²) in [6.07, 6.45) is 0. The molecule has 1 atom stereocenters. The van der Waals surface area contributed by atoms with Crippen molar-refractivity contribution in [1.29, 1.82) is 0 Å². The van der Waals surface area contributed by atoms with Crippen molar-refractivity contribution in [2.45, 2.75) is 19.5 Å². The topological polar surface area (TPSA) is 61.5 Å². The van der Waals surface area contributed by atoms with Crippen LogP contribution in [-0.4, -0.2) is 48.2 Å². The molecule has 0 spiro atoms. The second-order valence-corrected chi connectivity index (χ2v) is 9.88. The van der Waals surface area contributed by atoms with E-state index in [1.54, 1.807) is 11.3 Å². The number of H-pyrrole nitrogens is 1. The third-order valence-corrected chi connectivity index (χ3v) is 7.84. The average Bonchev–Trinajstić information content (AvgIpc) is 3.49. The summed E-state index contributed by atoms with van der Waals surface area (Å²) in [6.45, 7) is 6.20. The van der Waals surface area contributed by atoms with Gasteiger partial charge in [0.2, 0.25) is 0 Å². The maximum absolute atomic E-state index is 13.0. The lowest BCUT2D eigenvalue weighted by Crippen LogP contribution is -2.37. The molecule has 3 aromatic heterocycles. The Labute approximate surface area is 195 Å². The van der Waals surface area contributed by atoms with Crippen LogP contribution >= 0.6 is 22.7 Å². The predicted molar refractivity (Wildman–Crippen MR) is 133 cm³/mol. The van der Waals surface area contributed by atoms with E-state index in [-0.39, 0.29) is 11.6 Å². The Kier molecular flexibility index (Phi) is 6.10. The Morgan fingerprint density at radius 2 is 2.00 bits per heavy atom. The minimum absolute atomic E-state index is 0.0304. The molecular weight excluding hydrogens is 440 g/mol. The number of aromatic amines is 1. The molecule has 1 unspecified atom stereocenters. The van der Waals surface area contributed by atoms with Crippen molar-refractivity contribution in [2.75, 3.05) is 38.3 Å². The highest BCUT2D eigenvalue weighted by molar-refractivity contribution is 7.18. The standard InChI is InChI=1S/C24H26N4O2S2/c1-16(27(2)14-17-6-3-4-7-19(17)28-9-11-30-12-10-28)22-25-23(29)21-18(15-32-24(21)26-22)20-8-5-13-31-20/h3-8,13,15-16H,9-12,14H2,1-2H3,(H,25,26,29). The second kappa shape index (κ2) is 9.15. The van der Waals surface area contributed by atoms with Gasteiger partial charge in [0.1, 0.15) is 10.7 Å². The molecule has 4 aromatic rings. The number of hydrogen-bond acceptors (Lipinski definition) is 7. The first-order valence-corrected chi connectivity index (χ1v) is 12.5. The van der Waals surface area contributed by atoms with Crippen LogP contribution in [0.1, 0.15) is 24.4 Å². The van der Waals surface area contributed by atoms with E-state index in [1.807, 2.05) is 22.9 Å². The minimum Gasteiger partial charge on any atom is -0.378 e. The molecule has 0 radical (unpaired) electrons. The first-order chi connectivity index (χ1) is 15.6. The van der Waals surface area contributed by atoms with Gasteiger partial charge in [0.25, 0.3) is 5.56 Å². The predicted octanol–water partition coefficient (Wildman–Crippen LogP) is 4.74. The molecule has 0 aliphatic carbocycles. The van der Waals surface area contributed by atoms with Crippen LogP contribution < -0.4 is 10.5 Å². The third kappa shape index (κ3) is 4.11. The number of nitrogens with one attached hydrogen (secondary N) is 1. The first kappa shape index (κ1) is 21.3. The average molecular weight is 467 g/mol. The molecule has 5 rings (SSSR count). The van der Waals surface area contributed by atoms with Crippen LogP contribution in [0.2, 0.25) is 0 Å². The Hall–Kier alpha value is -2.52. The van der Waals surface area contributed by atoms with Gasteiger partial charge in [-0.25, -0.2) is 4.98 Å². The van der Waals surface area contributed by atoms with Gasteiger partial charge in [-0.05, 0) is 37.0 Å². The summed E-state index contributed by atoms with van der Waals surface area (Å²) in [5, 5.41) is 4.75. The number of nitrogens with zero attached hydrogens (tertiary/aromatic N) is 3. The van der Waals surface area contributed by atoms with Crippen LogP contribution in [0.15, 0.2) is 52.0 Å². The van der Waals surface area contributed by atoms with E-state index in [0.717, 1.165) is 48.1 Å². The van der Waals surface area contributed by atoms with Crippen molar-refractivity contribution in [1.82, 2.24) is 14.9 Å². The van der Waals surface area contributed by atoms with Gasteiger partial charge < -0.3 is 14.6 Å². The molecule has 0 saturated carbocycles. The highest BCUT2D eigenvalue weighted by Crippen LogP contribution is 2.34. The zero-order valence-corrected chi connectivity index (χ0v) is 19.8. The van der Waals surface area contributed by atoms with Crippen LogP contribution in [0.5, 0.6) is 0 Å². The van der Waals surface area contributed by atoms with E-state index < -0.39 is 0 Å². The van der Waals surface area contributed by atoms with Crippen LogP contribution in [-0.2, 0) is 11.3 Å². The monoisotopic (exact) mass is 466 g/mol. The summed E-state index contributed by atoms with van der Waals surface area (Å²) >= 11 is 3.17. The molecule has 1 N–H and O–H groups in total. The van der Waals surface area contributed by atoms with Crippen LogP contribution in [0.4, 0.5) is 5.69 Å². The SMILES string of the molecule is CC(c1nc2scc(-c3cccs3)c2c(=O)[nH]1)N(C)Cc1ccccc1N1CCOCC1. The van der Waals surface area contributed by atoms with Crippen LogP contribution in [0.25, 0.3) is 20.7 Å². The maximum Gasteiger partial charge on any atom is 0.260 e. The maximum atomic E-state index is 13.0. The van der Waals surface area contributed by atoms with E-state index in [4.69, 9.17) is 9.72 Å². The quantitative estimate of drug-likeness (QED) is 0.445. The molecule has 1 aliphatic rings. The number of ether oxygens (including phenoxy) is 1. The number of benzene rings is 1. The summed E-state index contributed by atoms with van der Waals surface area (Å²) in [7, 11) is 2.08. The van der Waals surface area contributed by atoms with Gasteiger partial charge in [-0.15, -0.1) is 22.7 Å². The van der Waals surface area contributed by atoms with Crippen LogP contribution in [0, 0.1) is 0 Å². The number of morpholine rings is 1. The fourth-order valence-electron chi connectivity index (χ4n) is 4.15. The summed E-state index contributed by atoms with van der Waals surface area (Å²) in [5.41, 5.74) is 3.43. The Bertz CT molecular complexity index is 1260. The Morgan fingerprint density at radius 1 is 1.19 bits per heavy atom. The molecule has 1 fully saturated rings. The summed E-state index contributed by atoms with van der Waals surface area (Å²) < 4.78 is 5.52. The highest BCUT2D eigenvalue weighted by Gasteiger charge is 2.21. The van der Waals surface area contributed by atoms with E-state index >= 15 is 0 Å². The number of thiophene rings is 2. The van der Waals surface area contributed by atoms with Gasteiger partial charge >= 0.3 is 0 Å². The van der Waals surface area contributed by atoms with Crippen molar-refractivity contribution in [3.63, 3.8) is 0 Å². The number of fused-ring (bicyclic) bond motifs is 1. The van der Waals surface area contributed by atoms with Crippen molar-refractivity contribution >= 4 is 38.6 Å². The third-order valence-electron chi connectivity index (χ3n) is 6.07. The summed E-state index contributed by atoms with van der Waals surface area (Å²) in [6, 6.07) is 12.6. The van der Waals surface area contributed by atoms with Gasteiger partial charge in [-0.3, -0.25) is 9.69 Å². The molecule has 1 saturated heterocycles. The van der Waals surface area contributed by atoms with Crippen molar-refractivity contribution < 1.29 is 4.74 Å². The normalized spacial score (nSPS) is 15.5. The zero-order chi connectivity index (χ0) is 22.1. The van der Waals surface area contributed by atoms with E-state index in [1.165, 1.54) is 22.6 Å². The fourth-order valence-corrected chi connectivity index (χ4v) is 5.92. The van der Waals surface area contributed by atoms with Gasteiger partial charge in [-0.2, -0.15) is 0 Å². The molecule has 0 amide bonds. The number of hydrogen-bond donors (Lipinski definition) is 1. The Morgan fingerprint density at radius 3 is 2.78 bits per heavy atom. The second-order valence-electron chi connectivity index (χ2n) is 8.08. The van der Waals surface area contributed by atoms with E-state index in [2.05, 4.69) is 53.0 Å². The molecule has 1 aliphatic heterocycles. The molecule has 32 heavy (non-hydrogen) atoms. The van der Waals surface area contributed by atoms with Gasteiger partial charge in [-0.1, -0.05) is 24.3 Å². The first-order valence-electron chi connectivity index (χ1n) is 10.8. The highest BCUT2D eigenvalue weighted by atomic mass is 32.1. The lowest BCUT2D eigenvalue weighted by molar-refractivity contribution is 0.122. The number of aromatic nitrogens is 2. The smallest absolute Gasteiger partial charge is 0.260 e. The molecule has 166 valence electrons. The van der Waals surface area contributed by atoms with Crippen LogP contribution in [0.3, 0.4) is 0 Å². The van der Waals surface area contributed by atoms with Gasteiger partial charge in [0, 0.05) is 41.1 Å². The van der Waals surface area contributed by atoms with E-state index in [9.17, 15) is 4.79 Å². The van der Waals surface area contributed by atoms with Crippen molar-refractivity contribution in [2.24, 2.45) is 0 Å². The number of rotatable bonds is 6. The number of para-hydroxylation sites is 1. The molecule has 8 heteroatoms. The molecule has 6 nitrogen and oxygen atoms in total.